The highest BCUT2D eigenvalue weighted by Crippen LogP contribution is 2.40. The molecule has 14 heavy (non-hydrogen) atoms. The summed E-state index contributed by atoms with van der Waals surface area (Å²) in [7, 11) is 0. The van der Waals surface area contributed by atoms with E-state index in [1.807, 2.05) is 12.1 Å². The highest BCUT2D eigenvalue weighted by atomic mass is 35.5. The molecule has 0 amide bonds. The Bertz CT molecular complexity index is 299. The van der Waals surface area contributed by atoms with Gasteiger partial charge in [-0.05, 0) is 24.1 Å². The van der Waals surface area contributed by atoms with Gasteiger partial charge in [0, 0.05) is 23.5 Å². The minimum absolute atomic E-state index is 0.212. The van der Waals surface area contributed by atoms with E-state index >= 15 is 0 Å². The molecule has 1 aliphatic rings. The summed E-state index contributed by atoms with van der Waals surface area (Å²) in [4.78, 5) is 0. The highest BCUT2D eigenvalue weighted by Gasteiger charge is 2.37. The van der Waals surface area contributed by atoms with Crippen molar-refractivity contribution in [3.8, 4) is 0 Å². The lowest BCUT2D eigenvalue weighted by Crippen LogP contribution is -2.21. The van der Waals surface area contributed by atoms with Crippen molar-refractivity contribution in [1.29, 1.82) is 0 Å². The minimum atomic E-state index is 0.212. The van der Waals surface area contributed by atoms with Gasteiger partial charge < -0.3 is 10.4 Å². The molecule has 2 rings (SSSR count). The molecule has 2 atom stereocenters. The van der Waals surface area contributed by atoms with E-state index < -0.39 is 0 Å². The average Bonchev–Trinajstić information content (AvgIpc) is 2.95. The van der Waals surface area contributed by atoms with Crippen molar-refractivity contribution >= 4 is 11.6 Å². The Morgan fingerprint density at radius 3 is 2.71 bits per heavy atom. The number of nitrogens with one attached hydrogen (secondary N) is 1. The molecule has 0 spiro atoms. The molecule has 1 fully saturated rings. The lowest BCUT2D eigenvalue weighted by molar-refractivity contribution is 0.291. The summed E-state index contributed by atoms with van der Waals surface area (Å²) in [5.41, 5.74) is 1.34. The van der Waals surface area contributed by atoms with E-state index in [1.165, 1.54) is 12.0 Å². The van der Waals surface area contributed by atoms with E-state index in [-0.39, 0.29) is 6.61 Å². The van der Waals surface area contributed by atoms with Crippen LogP contribution in [0.15, 0.2) is 24.3 Å². The van der Waals surface area contributed by atoms with E-state index in [9.17, 15) is 0 Å². The topological polar surface area (TPSA) is 32.3 Å². The van der Waals surface area contributed by atoms with Crippen molar-refractivity contribution in [3.05, 3.63) is 34.9 Å². The number of benzene rings is 1. The van der Waals surface area contributed by atoms with Crippen molar-refractivity contribution in [3.63, 3.8) is 0 Å². The SMILES string of the molecule is OCCNC1CC1c1ccc(Cl)cc1. The van der Waals surface area contributed by atoms with E-state index in [0.29, 0.717) is 18.5 Å². The Morgan fingerprint density at radius 1 is 1.36 bits per heavy atom. The van der Waals surface area contributed by atoms with Crippen molar-refractivity contribution in [2.75, 3.05) is 13.2 Å². The van der Waals surface area contributed by atoms with Crippen LogP contribution in [0.2, 0.25) is 5.02 Å². The van der Waals surface area contributed by atoms with Crippen LogP contribution in [0.5, 0.6) is 0 Å². The van der Waals surface area contributed by atoms with Crippen molar-refractivity contribution in [2.24, 2.45) is 0 Å². The largest absolute Gasteiger partial charge is 0.395 e. The van der Waals surface area contributed by atoms with Gasteiger partial charge in [-0.15, -0.1) is 0 Å². The number of halogens is 1. The van der Waals surface area contributed by atoms with Gasteiger partial charge in [0.05, 0.1) is 6.61 Å². The molecular weight excluding hydrogens is 198 g/mol. The lowest BCUT2D eigenvalue weighted by Gasteiger charge is -2.02. The molecular formula is C11H14ClNO. The van der Waals surface area contributed by atoms with Gasteiger partial charge in [-0.3, -0.25) is 0 Å². The molecule has 1 aliphatic carbocycles. The van der Waals surface area contributed by atoms with Crippen molar-refractivity contribution in [2.45, 2.75) is 18.4 Å². The summed E-state index contributed by atoms with van der Waals surface area (Å²) >= 11 is 5.81. The zero-order valence-electron chi connectivity index (χ0n) is 7.91. The second kappa shape index (κ2) is 4.30. The fraction of sp³-hybridized carbons (Fsp3) is 0.455. The summed E-state index contributed by atoms with van der Waals surface area (Å²) in [6.07, 6.45) is 1.17. The number of rotatable bonds is 4. The zero-order chi connectivity index (χ0) is 9.97. The Morgan fingerprint density at radius 2 is 2.07 bits per heavy atom. The third-order valence-electron chi connectivity index (χ3n) is 2.61. The molecule has 0 radical (unpaired) electrons. The Balaban J connectivity index is 1.89. The molecule has 1 saturated carbocycles. The van der Waals surface area contributed by atoms with Gasteiger partial charge in [-0.1, -0.05) is 23.7 Å². The third kappa shape index (κ3) is 2.27. The molecule has 0 aliphatic heterocycles. The molecule has 2 nitrogen and oxygen atoms in total. The molecule has 1 aromatic carbocycles. The molecule has 3 heteroatoms. The minimum Gasteiger partial charge on any atom is -0.395 e. The quantitative estimate of drug-likeness (QED) is 0.796. The molecule has 0 heterocycles. The highest BCUT2D eigenvalue weighted by molar-refractivity contribution is 6.30. The molecule has 2 unspecified atom stereocenters. The van der Waals surface area contributed by atoms with E-state index in [0.717, 1.165) is 5.02 Å². The normalized spacial score (nSPS) is 25.0. The van der Waals surface area contributed by atoms with Crippen LogP contribution in [0, 0.1) is 0 Å². The van der Waals surface area contributed by atoms with Crippen molar-refractivity contribution in [1.82, 2.24) is 5.32 Å². The molecule has 76 valence electrons. The second-order valence-electron chi connectivity index (χ2n) is 3.68. The Kier molecular flexibility index (Phi) is 3.06. The van der Waals surface area contributed by atoms with Crippen LogP contribution < -0.4 is 5.32 Å². The van der Waals surface area contributed by atoms with Gasteiger partial charge >= 0.3 is 0 Å². The number of aliphatic hydroxyl groups excluding tert-OH is 1. The number of hydrogen-bond acceptors (Lipinski definition) is 2. The van der Waals surface area contributed by atoms with Crippen LogP contribution in [0.3, 0.4) is 0 Å². The molecule has 0 aromatic heterocycles. The van der Waals surface area contributed by atoms with Crippen LogP contribution in [-0.2, 0) is 0 Å². The van der Waals surface area contributed by atoms with Crippen LogP contribution in [0.4, 0.5) is 0 Å². The smallest absolute Gasteiger partial charge is 0.0556 e. The number of hydrogen-bond donors (Lipinski definition) is 2. The maximum atomic E-state index is 8.66. The van der Waals surface area contributed by atoms with Crippen LogP contribution in [0.1, 0.15) is 17.9 Å². The van der Waals surface area contributed by atoms with Crippen LogP contribution >= 0.6 is 11.6 Å². The maximum Gasteiger partial charge on any atom is 0.0556 e. The fourth-order valence-electron chi connectivity index (χ4n) is 1.75. The summed E-state index contributed by atoms with van der Waals surface area (Å²) in [6, 6.07) is 8.56. The first-order valence-electron chi connectivity index (χ1n) is 4.91. The predicted octanol–water partition coefficient (Wildman–Crippen LogP) is 1.78. The molecule has 0 saturated heterocycles. The van der Waals surface area contributed by atoms with Gasteiger partial charge in [0.15, 0.2) is 0 Å². The molecule has 1 aromatic rings. The van der Waals surface area contributed by atoms with Crippen molar-refractivity contribution < 1.29 is 5.11 Å². The standard InChI is InChI=1S/C11H14ClNO/c12-9-3-1-8(2-4-9)10-7-11(10)13-5-6-14/h1-4,10-11,13-14H,5-7H2. The van der Waals surface area contributed by atoms with Gasteiger partial charge in [-0.2, -0.15) is 0 Å². The first kappa shape index (κ1) is 9.97. The third-order valence-corrected chi connectivity index (χ3v) is 2.86. The first-order valence-corrected chi connectivity index (χ1v) is 5.29. The second-order valence-corrected chi connectivity index (χ2v) is 4.11. The number of aliphatic hydroxyl groups is 1. The summed E-state index contributed by atoms with van der Waals surface area (Å²) < 4.78 is 0. The predicted molar refractivity (Wildman–Crippen MR) is 57.7 cm³/mol. The van der Waals surface area contributed by atoms with Gasteiger partial charge in [0.2, 0.25) is 0 Å². The first-order chi connectivity index (χ1) is 6.81. The van der Waals surface area contributed by atoms with E-state index in [4.69, 9.17) is 16.7 Å². The molecule has 2 N–H and O–H groups in total. The summed E-state index contributed by atoms with van der Waals surface area (Å²) in [5, 5.41) is 12.7. The summed E-state index contributed by atoms with van der Waals surface area (Å²) in [5.74, 6) is 0.610. The van der Waals surface area contributed by atoms with Gasteiger partial charge in [-0.25, -0.2) is 0 Å². The van der Waals surface area contributed by atoms with Crippen LogP contribution in [-0.4, -0.2) is 24.3 Å². The lowest BCUT2D eigenvalue weighted by atomic mass is 10.1. The molecule has 0 bridgehead atoms. The average molecular weight is 212 g/mol. The summed E-state index contributed by atoms with van der Waals surface area (Å²) in [6.45, 7) is 0.901. The Hall–Kier alpha value is -0.570. The maximum absolute atomic E-state index is 8.66. The van der Waals surface area contributed by atoms with E-state index in [2.05, 4.69) is 17.4 Å². The monoisotopic (exact) mass is 211 g/mol. The van der Waals surface area contributed by atoms with Crippen LogP contribution in [0.25, 0.3) is 0 Å². The zero-order valence-corrected chi connectivity index (χ0v) is 8.67. The van der Waals surface area contributed by atoms with E-state index in [1.54, 1.807) is 0 Å². The fourth-order valence-corrected chi connectivity index (χ4v) is 1.87. The van der Waals surface area contributed by atoms with Gasteiger partial charge in [0.1, 0.15) is 0 Å². The Labute approximate surface area is 88.9 Å². The van der Waals surface area contributed by atoms with Gasteiger partial charge in [0.25, 0.3) is 0 Å².